The molecule has 18 heavy (non-hydrogen) atoms. The summed E-state index contributed by atoms with van der Waals surface area (Å²) in [6, 6.07) is 6.42. The van der Waals surface area contributed by atoms with E-state index in [1.165, 1.54) is 18.1 Å². The van der Waals surface area contributed by atoms with Crippen LogP contribution in [-0.2, 0) is 0 Å². The summed E-state index contributed by atoms with van der Waals surface area (Å²) in [4.78, 5) is 1.17. The molecule has 1 atom stereocenters. The van der Waals surface area contributed by atoms with Gasteiger partial charge in [0.25, 0.3) is 0 Å². The number of rotatable bonds is 4. The first-order valence-corrected chi connectivity index (χ1v) is 6.38. The number of nitrogens with one attached hydrogen (secondary N) is 1. The Hall–Kier alpha value is -1.43. The van der Waals surface area contributed by atoms with E-state index in [1.54, 1.807) is 23.5 Å². The second-order valence-corrected chi connectivity index (χ2v) is 5.09. The summed E-state index contributed by atoms with van der Waals surface area (Å²) < 4.78 is 19.0. The molecule has 3 N–H and O–H groups in total. The molecule has 0 amide bonds. The van der Waals surface area contributed by atoms with E-state index < -0.39 is 0 Å². The molecule has 3 nitrogen and oxygen atoms in total. The average molecular weight is 266 g/mol. The van der Waals surface area contributed by atoms with Gasteiger partial charge >= 0.3 is 0 Å². The van der Waals surface area contributed by atoms with Gasteiger partial charge in [0.2, 0.25) is 0 Å². The first-order chi connectivity index (χ1) is 8.65. The van der Waals surface area contributed by atoms with E-state index >= 15 is 0 Å². The number of ether oxygens (including phenoxy) is 1. The third kappa shape index (κ3) is 2.53. The first kappa shape index (κ1) is 13.0. The van der Waals surface area contributed by atoms with Gasteiger partial charge < -0.3 is 4.74 Å². The second kappa shape index (κ2) is 5.48. The van der Waals surface area contributed by atoms with Gasteiger partial charge in [0.15, 0.2) is 0 Å². The van der Waals surface area contributed by atoms with Crippen LogP contribution in [-0.4, -0.2) is 7.11 Å². The van der Waals surface area contributed by atoms with Gasteiger partial charge in [0, 0.05) is 16.5 Å². The van der Waals surface area contributed by atoms with E-state index in [0.29, 0.717) is 11.3 Å². The van der Waals surface area contributed by atoms with Crippen molar-refractivity contribution in [3.8, 4) is 5.75 Å². The fraction of sp³-hybridized carbons (Fsp3) is 0.231. The van der Waals surface area contributed by atoms with Crippen LogP contribution in [0.4, 0.5) is 4.39 Å². The first-order valence-electron chi connectivity index (χ1n) is 5.50. The van der Waals surface area contributed by atoms with Crippen molar-refractivity contribution in [1.29, 1.82) is 0 Å². The zero-order chi connectivity index (χ0) is 13.1. The Morgan fingerprint density at radius 2 is 2.17 bits per heavy atom. The number of hydrazine groups is 1. The topological polar surface area (TPSA) is 47.3 Å². The summed E-state index contributed by atoms with van der Waals surface area (Å²) in [7, 11) is 1.51. The van der Waals surface area contributed by atoms with Crippen LogP contribution in [0.5, 0.6) is 5.75 Å². The molecular formula is C13H15FN2OS. The highest BCUT2D eigenvalue weighted by atomic mass is 32.1. The molecular weight excluding hydrogens is 251 g/mol. The molecule has 1 aromatic heterocycles. The van der Waals surface area contributed by atoms with Crippen LogP contribution in [0.15, 0.2) is 29.6 Å². The van der Waals surface area contributed by atoms with Crippen LogP contribution in [0.25, 0.3) is 0 Å². The Balaban J connectivity index is 2.39. The number of halogens is 1. The molecule has 5 heteroatoms. The Bertz CT molecular complexity index is 542. The standard InChI is InChI=1S/C13H15FN2OS/c1-8-5-9(7-18-8)13(16-15)11-4-3-10(17-2)6-12(11)14/h3-7,13,16H,15H2,1-2H3. The molecule has 0 saturated carbocycles. The second-order valence-electron chi connectivity index (χ2n) is 3.98. The van der Waals surface area contributed by atoms with Gasteiger partial charge in [-0.05, 0) is 30.0 Å². The van der Waals surface area contributed by atoms with Crippen LogP contribution in [0.2, 0.25) is 0 Å². The number of aryl methyl sites for hydroxylation is 1. The van der Waals surface area contributed by atoms with Gasteiger partial charge in [-0.25, -0.2) is 9.82 Å². The maximum Gasteiger partial charge on any atom is 0.132 e. The quantitative estimate of drug-likeness (QED) is 0.661. The van der Waals surface area contributed by atoms with E-state index in [1.807, 2.05) is 18.4 Å². The molecule has 0 bridgehead atoms. The molecule has 0 aliphatic carbocycles. The van der Waals surface area contributed by atoms with Crippen molar-refractivity contribution >= 4 is 11.3 Å². The third-order valence-corrected chi connectivity index (χ3v) is 3.65. The van der Waals surface area contributed by atoms with Crippen LogP contribution in [0, 0.1) is 12.7 Å². The maximum atomic E-state index is 14.0. The van der Waals surface area contributed by atoms with E-state index in [2.05, 4.69) is 5.43 Å². The van der Waals surface area contributed by atoms with Crippen molar-refractivity contribution in [2.24, 2.45) is 5.84 Å². The summed E-state index contributed by atoms with van der Waals surface area (Å²) in [6.45, 7) is 2.01. The number of methoxy groups -OCH3 is 1. The van der Waals surface area contributed by atoms with Crippen molar-refractivity contribution in [2.45, 2.75) is 13.0 Å². The number of hydrogen-bond donors (Lipinski definition) is 2. The van der Waals surface area contributed by atoms with Gasteiger partial charge in [-0.2, -0.15) is 0 Å². The Morgan fingerprint density at radius 1 is 1.39 bits per heavy atom. The molecule has 0 aliphatic heterocycles. The molecule has 1 unspecified atom stereocenters. The van der Waals surface area contributed by atoms with Crippen molar-refractivity contribution < 1.29 is 9.13 Å². The summed E-state index contributed by atoms with van der Waals surface area (Å²) in [5.74, 6) is 5.70. The van der Waals surface area contributed by atoms with Gasteiger partial charge in [0.1, 0.15) is 11.6 Å². The Labute approximate surface area is 109 Å². The number of hydrogen-bond acceptors (Lipinski definition) is 4. The molecule has 2 aromatic rings. The number of nitrogens with two attached hydrogens (primary N) is 1. The Kier molecular flexibility index (Phi) is 3.96. The van der Waals surface area contributed by atoms with Crippen LogP contribution >= 0.6 is 11.3 Å². The van der Waals surface area contributed by atoms with Crippen molar-refractivity contribution in [1.82, 2.24) is 5.43 Å². The lowest BCUT2D eigenvalue weighted by atomic mass is 10.0. The van der Waals surface area contributed by atoms with E-state index in [-0.39, 0.29) is 11.9 Å². The highest BCUT2D eigenvalue weighted by Gasteiger charge is 2.18. The van der Waals surface area contributed by atoms with Gasteiger partial charge in [0.05, 0.1) is 13.2 Å². The van der Waals surface area contributed by atoms with E-state index in [9.17, 15) is 4.39 Å². The van der Waals surface area contributed by atoms with Gasteiger partial charge in [-0.3, -0.25) is 5.84 Å². The largest absolute Gasteiger partial charge is 0.497 e. The maximum absolute atomic E-state index is 14.0. The lowest BCUT2D eigenvalue weighted by Crippen LogP contribution is -2.29. The molecule has 1 aromatic carbocycles. The normalized spacial score (nSPS) is 12.4. The summed E-state index contributed by atoms with van der Waals surface area (Å²) in [5.41, 5.74) is 4.12. The average Bonchev–Trinajstić information content (AvgIpc) is 2.78. The third-order valence-electron chi connectivity index (χ3n) is 2.77. The number of benzene rings is 1. The van der Waals surface area contributed by atoms with Gasteiger partial charge in [-0.15, -0.1) is 11.3 Å². The number of thiophene rings is 1. The van der Waals surface area contributed by atoms with Crippen molar-refractivity contribution in [3.05, 3.63) is 51.5 Å². The molecule has 0 fully saturated rings. The molecule has 0 spiro atoms. The predicted molar refractivity (Wildman–Crippen MR) is 71.2 cm³/mol. The monoisotopic (exact) mass is 266 g/mol. The van der Waals surface area contributed by atoms with Crippen LogP contribution in [0.1, 0.15) is 22.0 Å². The fourth-order valence-corrected chi connectivity index (χ4v) is 2.58. The molecule has 2 rings (SSSR count). The lowest BCUT2D eigenvalue weighted by Gasteiger charge is -2.16. The zero-order valence-electron chi connectivity index (χ0n) is 10.2. The summed E-state index contributed by atoms with van der Waals surface area (Å²) >= 11 is 1.61. The fourth-order valence-electron chi connectivity index (χ4n) is 1.85. The molecule has 0 aliphatic rings. The highest BCUT2D eigenvalue weighted by molar-refractivity contribution is 7.10. The summed E-state index contributed by atoms with van der Waals surface area (Å²) in [6.07, 6.45) is 0. The van der Waals surface area contributed by atoms with Crippen LogP contribution < -0.4 is 16.0 Å². The zero-order valence-corrected chi connectivity index (χ0v) is 11.1. The molecule has 0 saturated heterocycles. The van der Waals surface area contributed by atoms with Crippen molar-refractivity contribution in [2.75, 3.05) is 7.11 Å². The van der Waals surface area contributed by atoms with E-state index in [0.717, 1.165) is 5.56 Å². The van der Waals surface area contributed by atoms with Crippen LogP contribution in [0.3, 0.4) is 0 Å². The molecule has 0 radical (unpaired) electrons. The van der Waals surface area contributed by atoms with E-state index in [4.69, 9.17) is 10.6 Å². The molecule has 1 heterocycles. The van der Waals surface area contributed by atoms with Crippen molar-refractivity contribution in [3.63, 3.8) is 0 Å². The SMILES string of the molecule is COc1ccc(C(NN)c2csc(C)c2)c(F)c1. The molecule has 96 valence electrons. The van der Waals surface area contributed by atoms with Gasteiger partial charge in [-0.1, -0.05) is 6.07 Å². The summed E-state index contributed by atoms with van der Waals surface area (Å²) in [5, 5.41) is 1.98. The smallest absolute Gasteiger partial charge is 0.132 e. The lowest BCUT2D eigenvalue weighted by molar-refractivity contribution is 0.410. The minimum absolute atomic E-state index is 0.332. The Morgan fingerprint density at radius 3 is 2.67 bits per heavy atom. The highest BCUT2D eigenvalue weighted by Crippen LogP contribution is 2.29. The minimum atomic E-state index is -0.346. The predicted octanol–water partition coefficient (Wildman–Crippen LogP) is 2.76. The minimum Gasteiger partial charge on any atom is -0.497 e.